The first-order valence-corrected chi connectivity index (χ1v) is 7.36. The van der Waals surface area contributed by atoms with Crippen molar-refractivity contribution in [2.75, 3.05) is 0 Å². The first-order valence-electron chi connectivity index (χ1n) is 7.36. The van der Waals surface area contributed by atoms with Crippen molar-refractivity contribution in [2.24, 2.45) is 0 Å². The largest absolute Gasteiger partial charge is 0.489 e. The van der Waals surface area contributed by atoms with E-state index in [9.17, 15) is 14.9 Å². The molecule has 0 fully saturated rings. The third kappa shape index (κ3) is 2.99. The molecular formula is C18H15NO5. The summed E-state index contributed by atoms with van der Waals surface area (Å²) in [5, 5.41) is 11.5. The highest BCUT2D eigenvalue weighted by atomic mass is 16.6. The molecule has 0 spiro atoms. The fourth-order valence-corrected chi connectivity index (χ4v) is 2.47. The van der Waals surface area contributed by atoms with Crippen LogP contribution in [0.25, 0.3) is 11.0 Å². The zero-order chi connectivity index (χ0) is 17.3. The summed E-state index contributed by atoms with van der Waals surface area (Å²) in [5.41, 5.74) is 2.80. The first kappa shape index (κ1) is 15.7. The van der Waals surface area contributed by atoms with Crippen LogP contribution in [0.4, 0.5) is 5.69 Å². The summed E-state index contributed by atoms with van der Waals surface area (Å²) in [6.45, 7) is 4.03. The van der Waals surface area contributed by atoms with Crippen LogP contribution >= 0.6 is 0 Å². The van der Waals surface area contributed by atoms with Gasteiger partial charge in [0.1, 0.15) is 17.9 Å². The molecular weight excluding hydrogens is 310 g/mol. The lowest BCUT2D eigenvalue weighted by atomic mass is 10.0. The van der Waals surface area contributed by atoms with Gasteiger partial charge in [0.2, 0.25) is 0 Å². The minimum absolute atomic E-state index is 0.000689. The Morgan fingerprint density at radius 3 is 2.50 bits per heavy atom. The van der Waals surface area contributed by atoms with E-state index in [0.29, 0.717) is 16.9 Å². The van der Waals surface area contributed by atoms with Crippen molar-refractivity contribution in [1.82, 2.24) is 0 Å². The van der Waals surface area contributed by atoms with Gasteiger partial charge >= 0.3 is 5.63 Å². The maximum absolute atomic E-state index is 11.8. The monoisotopic (exact) mass is 325 g/mol. The predicted octanol–water partition coefficient (Wildman–Crippen LogP) is 3.90. The summed E-state index contributed by atoms with van der Waals surface area (Å²) in [4.78, 5) is 22.0. The lowest BCUT2D eigenvalue weighted by Gasteiger charge is -2.10. The fourth-order valence-electron chi connectivity index (χ4n) is 2.47. The molecule has 3 aromatic rings. The van der Waals surface area contributed by atoms with Gasteiger partial charge < -0.3 is 9.15 Å². The third-order valence-corrected chi connectivity index (χ3v) is 3.96. The van der Waals surface area contributed by atoms with Crippen molar-refractivity contribution >= 4 is 16.7 Å². The predicted molar refractivity (Wildman–Crippen MR) is 89.4 cm³/mol. The molecule has 122 valence electrons. The van der Waals surface area contributed by atoms with Crippen LogP contribution in [-0.2, 0) is 6.61 Å². The van der Waals surface area contributed by atoms with E-state index in [0.717, 1.165) is 16.5 Å². The van der Waals surface area contributed by atoms with E-state index in [4.69, 9.17) is 9.15 Å². The average Bonchev–Trinajstić information content (AvgIpc) is 2.56. The molecule has 0 saturated carbocycles. The van der Waals surface area contributed by atoms with Crippen LogP contribution in [0.1, 0.15) is 16.7 Å². The molecule has 24 heavy (non-hydrogen) atoms. The maximum atomic E-state index is 11.8. The van der Waals surface area contributed by atoms with Gasteiger partial charge in [-0.1, -0.05) is 12.1 Å². The van der Waals surface area contributed by atoms with Crippen LogP contribution < -0.4 is 10.4 Å². The van der Waals surface area contributed by atoms with Gasteiger partial charge in [0.25, 0.3) is 5.69 Å². The van der Waals surface area contributed by atoms with Crippen molar-refractivity contribution in [3.63, 3.8) is 0 Å². The summed E-state index contributed by atoms with van der Waals surface area (Å²) in [7, 11) is 0. The SMILES string of the molecule is Cc1ccc2c(COc3ccc([N+](=O)[O-])cc3)cc(=O)oc2c1C. The van der Waals surface area contributed by atoms with Crippen LogP contribution in [0.5, 0.6) is 5.75 Å². The lowest BCUT2D eigenvalue weighted by Crippen LogP contribution is -2.05. The summed E-state index contributed by atoms with van der Waals surface area (Å²) in [5.74, 6) is 0.492. The normalized spacial score (nSPS) is 10.8. The average molecular weight is 325 g/mol. The van der Waals surface area contributed by atoms with E-state index >= 15 is 0 Å². The number of nitro groups is 1. The summed E-state index contributed by atoms with van der Waals surface area (Å²) < 4.78 is 11.0. The number of hydrogen-bond acceptors (Lipinski definition) is 5. The second-order valence-corrected chi connectivity index (χ2v) is 5.51. The highest BCUT2D eigenvalue weighted by molar-refractivity contribution is 5.83. The number of nitro benzene ring substituents is 1. The van der Waals surface area contributed by atoms with E-state index in [1.165, 1.54) is 30.3 Å². The number of ether oxygens (including phenoxy) is 1. The second kappa shape index (κ2) is 6.16. The topological polar surface area (TPSA) is 82.6 Å². The number of benzene rings is 2. The molecule has 0 saturated heterocycles. The molecule has 0 bridgehead atoms. The van der Waals surface area contributed by atoms with Gasteiger partial charge in [0.15, 0.2) is 0 Å². The van der Waals surface area contributed by atoms with Gasteiger partial charge in [-0.15, -0.1) is 0 Å². The van der Waals surface area contributed by atoms with Crippen LogP contribution in [0.3, 0.4) is 0 Å². The quantitative estimate of drug-likeness (QED) is 0.413. The highest BCUT2D eigenvalue weighted by Crippen LogP contribution is 2.25. The molecule has 0 amide bonds. The molecule has 0 N–H and O–H groups in total. The molecule has 2 aromatic carbocycles. The van der Waals surface area contributed by atoms with Crippen molar-refractivity contribution in [1.29, 1.82) is 0 Å². The molecule has 6 heteroatoms. The van der Waals surface area contributed by atoms with E-state index < -0.39 is 10.5 Å². The Morgan fingerprint density at radius 2 is 1.83 bits per heavy atom. The zero-order valence-corrected chi connectivity index (χ0v) is 13.2. The molecule has 1 heterocycles. The Kier molecular flexibility index (Phi) is 4.04. The number of nitrogens with zero attached hydrogens (tertiary/aromatic N) is 1. The standard InChI is InChI=1S/C18H15NO5/c1-11-3-8-16-13(9-17(20)24-18(16)12(11)2)10-23-15-6-4-14(5-7-15)19(21)22/h3-9H,10H2,1-2H3. The minimum atomic E-state index is -0.467. The lowest BCUT2D eigenvalue weighted by molar-refractivity contribution is -0.384. The summed E-state index contributed by atoms with van der Waals surface area (Å²) >= 11 is 0. The van der Waals surface area contributed by atoms with E-state index in [-0.39, 0.29) is 12.3 Å². The molecule has 0 aliphatic carbocycles. The smallest absolute Gasteiger partial charge is 0.336 e. The summed E-state index contributed by atoms with van der Waals surface area (Å²) in [6.07, 6.45) is 0. The number of non-ortho nitro benzene ring substituents is 1. The second-order valence-electron chi connectivity index (χ2n) is 5.51. The molecule has 0 aliphatic rings. The third-order valence-electron chi connectivity index (χ3n) is 3.96. The molecule has 0 radical (unpaired) electrons. The molecule has 0 atom stereocenters. The van der Waals surface area contributed by atoms with Gasteiger partial charge in [-0.3, -0.25) is 10.1 Å². The number of fused-ring (bicyclic) bond motifs is 1. The van der Waals surface area contributed by atoms with E-state index in [1.54, 1.807) is 0 Å². The van der Waals surface area contributed by atoms with Gasteiger partial charge in [0, 0.05) is 29.1 Å². The van der Waals surface area contributed by atoms with E-state index in [1.807, 2.05) is 26.0 Å². The summed E-state index contributed by atoms with van der Waals surface area (Å²) in [6, 6.07) is 11.1. The minimum Gasteiger partial charge on any atom is -0.489 e. The Bertz CT molecular complexity index is 973. The van der Waals surface area contributed by atoms with Crippen LogP contribution in [-0.4, -0.2) is 4.92 Å². The van der Waals surface area contributed by atoms with Crippen LogP contribution in [0, 0.1) is 24.0 Å². The molecule has 1 aromatic heterocycles. The van der Waals surface area contributed by atoms with Crippen molar-refractivity contribution in [2.45, 2.75) is 20.5 Å². The van der Waals surface area contributed by atoms with Gasteiger partial charge in [-0.05, 0) is 37.1 Å². The molecule has 0 aliphatic heterocycles. The van der Waals surface area contributed by atoms with Crippen molar-refractivity contribution in [3.05, 3.63) is 79.7 Å². The van der Waals surface area contributed by atoms with Gasteiger partial charge in [0.05, 0.1) is 4.92 Å². The Morgan fingerprint density at radius 1 is 1.12 bits per heavy atom. The van der Waals surface area contributed by atoms with Gasteiger partial charge in [-0.25, -0.2) is 4.79 Å². The van der Waals surface area contributed by atoms with Crippen LogP contribution in [0.2, 0.25) is 0 Å². The van der Waals surface area contributed by atoms with E-state index in [2.05, 4.69) is 0 Å². The molecule has 6 nitrogen and oxygen atoms in total. The fraction of sp³-hybridized carbons (Fsp3) is 0.167. The Labute approximate surface area is 137 Å². The number of hydrogen-bond donors (Lipinski definition) is 0. The highest BCUT2D eigenvalue weighted by Gasteiger charge is 2.10. The molecule has 0 unspecified atom stereocenters. The van der Waals surface area contributed by atoms with Gasteiger partial charge in [-0.2, -0.15) is 0 Å². The van der Waals surface area contributed by atoms with Crippen LogP contribution in [0.15, 0.2) is 51.7 Å². The Hall–Kier alpha value is -3.15. The van der Waals surface area contributed by atoms with Crippen molar-refractivity contribution in [3.8, 4) is 5.75 Å². The first-order chi connectivity index (χ1) is 11.5. The maximum Gasteiger partial charge on any atom is 0.336 e. The number of rotatable bonds is 4. The van der Waals surface area contributed by atoms with Crippen molar-refractivity contribution < 1.29 is 14.1 Å². The Balaban J connectivity index is 1.91. The zero-order valence-electron chi connectivity index (χ0n) is 13.2. The molecule has 3 rings (SSSR count). The number of aryl methyl sites for hydroxylation is 2.